The fraction of sp³-hybridized carbons (Fsp3) is 0.125. The summed E-state index contributed by atoms with van der Waals surface area (Å²) in [5, 5.41) is 9.07. The summed E-state index contributed by atoms with van der Waals surface area (Å²) in [5.74, 6) is 0.565. The van der Waals surface area contributed by atoms with Gasteiger partial charge in [-0.1, -0.05) is 23.9 Å². The molecule has 4 heterocycles. The Morgan fingerprint density at radius 2 is 1.96 bits per heavy atom. The first-order valence-electron chi connectivity index (χ1n) is 7.13. The van der Waals surface area contributed by atoms with Crippen molar-refractivity contribution in [3.8, 4) is 0 Å². The molecular formula is C16H13N5OS. The minimum atomic E-state index is -0.0604. The normalized spacial score (nSPS) is 11.3. The van der Waals surface area contributed by atoms with Crippen molar-refractivity contribution in [2.24, 2.45) is 0 Å². The Hall–Kier alpha value is -2.67. The Kier molecular flexibility index (Phi) is 3.34. The molecule has 0 saturated heterocycles. The van der Waals surface area contributed by atoms with Crippen LogP contribution >= 0.6 is 11.8 Å². The zero-order valence-corrected chi connectivity index (χ0v) is 13.2. The molecule has 0 spiro atoms. The van der Waals surface area contributed by atoms with E-state index in [2.05, 4.69) is 15.2 Å². The van der Waals surface area contributed by atoms with E-state index in [9.17, 15) is 4.79 Å². The van der Waals surface area contributed by atoms with Crippen LogP contribution in [0.15, 0.2) is 58.6 Å². The molecule has 0 aromatic carbocycles. The van der Waals surface area contributed by atoms with Gasteiger partial charge in [0.05, 0.1) is 5.69 Å². The third-order valence-corrected chi connectivity index (χ3v) is 4.54. The minimum Gasteiger partial charge on any atom is -0.277 e. The van der Waals surface area contributed by atoms with Crippen LogP contribution in [0.1, 0.15) is 11.4 Å². The molecule has 114 valence electrons. The molecule has 0 aliphatic carbocycles. The molecule has 0 atom stereocenters. The van der Waals surface area contributed by atoms with E-state index in [1.807, 2.05) is 53.9 Å². The molecular weight excluding hydrogens is 310 g/mol. The molecule has 0 bridgehead atoms. The summed E-state index contributed by atoms with van der Waals surface area (Å²) >= 11 is 1.51. The van der Waals surface area contributed by atoms with Gasteiger partial charge in [0.2, 0.25) is 0 Å². The number of fused-ring (bicyclic) bond motifs is 2. The largest absolute Gasteiger partial charge is 0.277 e. The summed E-state index contributed by atoms with van der Waals surface area (Å²) in [6, 6.07) is 13.0. The van der Waals surface area contributed by atoms with E-state index in [1.54, 1.807) is 10.5 Å². The van der Waals surface area contributed by atoms with E-state index in [0.717, 1.165) is 22.2 Å². The third kappa shape index (κ3) is 2.49. The molecule has 0 aliphatic rings. The van der Waals surface area contributed by atoms with Gasteiger partial charge < -0.3 is 0 Å². The molecule has 7 heteroatoms. The Bertz CT molecular complexity index is 1070. The quantitative estimate of drug-likeness (QED) is 0.542. The minimum absolute atomic E-state index is 0.0604. The van der Waals surface area contributed by atoms with Crippen molar-refractivity contribution in [3.05, 3.63) is 70.4 Å². The smallest absolute Gasteiger partial charge is 0.258 e. The van der Waals surface area contributed by atoms with Crippen LogP contribution in [-0.4, -0.2) is 24.0 Å². The highest BCUT2D eigenvalue weighted by Gasteiger charge is 2.08. The average Bonchev–Trinajstić information content (AvgIpc) is 2.96. The van der Waals surface area contributed by atoms with Crippen LogP contribution < -0.4 is 5.56 Å². The second-order valence-electron chi connectivity index (χ2n) is 5.15. The molecule has 0 unspecified atom stereocenters. The second kappa shape index (κ2) is 5.51. The molecule has 6 nitrogen and oxygen atoms in total. The third-order valence-electron chi connectivity index (χ3n) is 3.56. The first-order chi connectivity index (χ1) is 11.2. The Labute approximate surface area is 135 Å². The van der Waals surface area contributed by atoms with Gasteiger partial charge in [-0.25, -0.2) is 4.98 Å². The average molecular weight is 323 g/mol. The van der Waals surface area contributed by atoms with Gasteiger partial charge in [-0.3, -0.25) is 13.6 Å². The number of hydrogen-bond acceptors (Lipinski definition) is 5. The molecule has 4 rings (SSSR count). The lowest BCUT2D eigenvalue weighted by atomic mass is 10.3. The van der Waals surface area contributed by atoms with E-state index in [0.29, 0.717) is 11.4 Å². The number of thioether (sulfide) groups is 1. The van der Waals surface area contributed by atoms with Gasteiger partial charge >= 0.3 is 0 Å². The van der Waals surface area contributed by atoms with E-state index in [1.165, 1.54) is 11.8 Å². The highest BCUT2D eigenvalue weighted by molar-refractivity contribution is 7.98. The summed E-state index contributed by atoms with van der Waals surface area (Å²) in [6.07, 6.45) is 1.92. The lowest BCUT2D eigenvalue weighted by Crippen LogP contribution is -2.17. The monoisotopic (exact) mass is 323 g/mol. The standard InChI is InChI=1S/C16H13N5OS/c1-11-5-4-7-13-17-12(9-15(22)21(11)13)10-23-16-19-18-14-6-2-3-8-20(14)16/h2-9H,10H2,1H3. The summed E-state index contributed by atoms with van der Waals surface area (Å²) in [5.41, 5.74) is 3.02. The predicted octanol–water partition coefficient (Wildman–Crippen LogP) is 2.34. The Morgan fingerprint density at radius 3 is 2.87 bits per heavy atom. The van der Waals surface area contributed by atoms with Gasteiger partial charge in [0.15, 0.2) is 10.8 Å². The number of rotatable bonds is 3. The van der Waals surface area contributed by atoms with E-state index in [4.69, 9.17) is 0 Å². The van der Waals surface area contributed by atoms with Crippen molar-refractivity contribution in [2.45, 2.75) is 17.8 Å². The highest BCUT2D eigenvalue weighted by Crippen LogP contribution is 2.20. The summed E-state index contributed by atoms with van der Waals surface area (Å²) in [4.78, 5) is 16.8. The first-order valence-corrected chi connectivity index (χ1v) is 8.12. The number of hydrogen-bond donors (Lipinski definition) is 0. The number of aryl methyl sites for hydroxylation is 1. The second-order valence-corrected chi connectivity index (χ2v) is 6.09. The molecule has 0 radical (unpaired) electrons. The SMILES string of the molecule is Cc1cccc2nc(CSc3nnc4ccccn34)cc(=O)n12. The molecule has 0 N–H and O–H groups in total. The predicted molar refractivity (Wildman–Crippen MR) is 88.7 cm³/mol. The summed E-state index contributed by atoms with van der Waals surface area (Å²) in [6.45, 7) is 1.90. The fourth-order valence-corrected chi connectivity index (χ4v) is 3.31. The molecule has 0 saturated carbocycles. The lowest BCUT2D eigenvalue weighted by Gasteiger charge is -2.06. The van der Waals surface area contributed by atoms with Crippen molar-refractivity contribution in [1.82, 2.24) is 24.0 Å². The van der Waals surface area contributed by atoms with Gasteiger partial charge in [-0.05, 0) is 31.2 Å². The fourth-order valence-electron chi connectivity index (χ4n) is 2.49. The van der Waals surface area contributed by atoms with Gasteiger partial charge in [-0.2, -0.15) is 0 Å². The van der Waals surface area contributed by atoms with Gasteiger partial charge in [0, 0.05) is 23.7 Å². The van der Waals surface area contributed by atoms with E-state index < -0.39 is 0 Å². The first kappa shape index (κ1) is 14.0. The summed E-state index contributed by atoms with van der Waals surface area (Å²) < 4.78 is 3.53. The van der Waals surface area contributed by atoms with Gasteiger partial charge in [0.1, 0.15) is 5.65 Å². The van der Waals surface area contributed by atoms with Crippen molar-refractivity contribution in [1.29, 1.82) is 0 Å². The summed E-state index contributed by atoms with van der Waals surface area (Å²) in [7, 11) is 0. The van der Waals surface area contributed by atoms with Crippen molar-refractivity contribution in [2.75, 3.05) is 0 Å². The number of aromatic nitrogens is 5. The van der Waals surface area contributed by atoms with Crippen LogP contribution in [0.25, 0.3) is 11.3 Å². The molecule has 4 aromatic rings. The Morgan fingerprint density at radius 1 is 1.09 bits per heavy atom. The molecule has 4 aromatic heterocycles. The lowest BCUT2D eigenvalue weighted by molar-refractivity contribution is 0.918. The van der Waals surface area contributed by atoms with Crippen molar-refractivity contribution >= 4 is 23.1 Å². The number of nitrogens with zero attached hydrogens (tertiary/aromatic N) is 5. The van der Waals surface area contributed by atoms with E-state index >= 15 is 0 Å². The number of pyridine rings is 2. The van der Waals surface area contributed by atoms with Crippen LogP contribution in [0.5, 0.6) is 0 Å². The van der Waals surface area contributed by atoms with Crippen LogP contribution in [0.4, 0.5) is 0 Å². The van der Waals surface area contributed by atoms with Gasteiger partial charge in [0.25, 0.3) is 5.56 Å². The maximum absolute atomic E-state index is 12.3. The van der Waals surface area contributed by atoms with E-state index in [-0.39, 0.29) is 5.56 Å². The maximum Gasteiger partial charge on any atom is 0.258 e. The van der Waals surface area contributed by atoms with Crippen molar-refractivity contribution in [3.63, 3.8) is 0 Å². The molecule has 0 amide bonds. The van der Waals surface area contributed by atoms with Crippen LogP contribution in [0.2, 0.25) is 0 Å². The van der Waals surface area contributed by atoms with Crippen LogP contribution in [-0.2, 0) is 5.75 Å². The zero-order chi connectivity index (χ0) is 15.8. The zero-order valence-electron chi connectivity index (χ0n) is 12.4. The Balaban J connectivity index is 1.67. The molecule has 0 aliphatic heterocycles. The van der Waals surface area contributed by atoms with Gasteiger partial charge in [-0.15, -0.1) is 10.2 Å². The topological polar surface area (TPSA) is 64.6 Å². The van der Waals surface area contributed by atoms with Crippen LogP contribution in [0.3, 0.4) is 0 Å². The maximum atomic E-state index is 12.3. The van der Waals surface area contributed by atoms with Crippen molar-refractivity contribution < 1.29 is 0 Å². The molecule has 0 fully saturated rings. The highest BCUT2D eigenvalue weighted by atomic mass is 32.2. The molecule has 23 heavy (non-hydrogen) atoms. The van der Waals surface area contributed by atoms with Crippen LogP contribution in [0, 0.1) is 6.92 Å².